The first-order valence-electron chi connectivity index (χ1n) is 7.07. The molecule has 0 bridgehead atoms. The summed E-state index contributed by atoms with van der Waals surface area (Å²) in [6.07, 6.45) is 3.57. The molecule has 0 aliphatic heterocycles. The Balaban J connectivity index is 1.78. The van der Waals surface area contributed by atoms with Crippen LogP contribution in [0.2, 0.25) is 0 Å². The molecule has 0 saturated carbocycles. The average molecular weight is 318 g/mol. The molecule has 5 heteroatoms. The van der Waals surface area contributed by atoms with Gasteiger partial charge in [-0.3, -0.25) is 4.79 Å². The lowest BCUT2D eigenvalue weighted by molar-refractivity contribution is -0.115. The smallest absolute Gasteiger partial charge is 0.227 e. The predicted octanol–water partition coefficient (Wildman–Crippen LogP) is 3.82. The SMILES string of the molecule is NC(=O)CSc1ccccc1NC1CCCc2sccc21. The van der Waals surface area contributed by atoms with E-state index >= 15 is 0 Å². The maximum atomic E-state index is 11.0. The van der Waals surface area contributed by atoms with Crippen LogP contribution in [-0.4, -0.2) is 11.7 Å². The molecule has 1 atom stereocenters. The first kappa shape index (κ1) is 14.5. The fraction of sp³-hybridized carbons (Fsp3) is 0.312. The Morgan fingerprint density at radius 3 is 3.10 bits per heavy atom. The minimum atomic E-state index is -0.285. The zero-order valence-corrected chi connectivity index (χ0v) is 13.3. The van der Waals surface area contributed by atoms with Gasteiger partial charge in [0.1, 0.15) is 0 Å². The van der Waals surface area contributed by atoms with Crippen molar-refractivity contribution in [2.45, 2.75) is 30.2 Å². The number of aryl methyl sites for hydroxylation is 1. The summed E-state index contributed by atoms with van der Waals surface area (Å²) in [5.74, 6) is 0.0279. The number of para-hydroxylation sites is 1. The number of primary amides is 1. The van der Waals surface area contributed by atoms with Gasteiger partial charge in [-0.2, -0.15) is 0 Å². The van der Waals surface area contributed by atoms with E-state index in [0.29, 0.717) is 11.8 Å². The van der Waals surface area contributed by atoms with E-state index in [1.807, 2.05) is 29.5 Å². The van der Waals surface area contributed by atoms with Crippen molar-refractivity contribution in [3.8, 4) is 0 Å². The third kappa shape index (κ3) is 3.41. The molecule has 1 aliphatic carbocycles. The Labute approximate surface area is 132 Å². The third-order valence-electron chi connectivity index (χ3n) is 3.64. The summed E-state index contributed by atoms with van der Waals surface area (Å²) in [5.41, 5.74) is 7.77. The molecule has 1 unspecified atom stereocenters. The second kappa shape index (κ2) is 6.54. The van der Waals surface area contributed by atoms with E-state index < -0.39 is 0 Å². The summed E-state index contributed by atoms with van der Waals surface area (Å²) in [5, 5.41) is 5.83. The highest BCUT2D eigenvalue weighted by molar-refractivity contribution is 8.00. The van der Waals surface area contributed by atoms with Crippen LogP contribution >= 0.6 is 23.1 Å². The van der Waals surface area contributed by atoms with Crippen molar-refractivity contribution in [2.24, 2.45) is 5.73 Å². The van der Waals surface area contributed by atoms with Crippen LogP contribution in [0.3, 0.4) is 0 Å². The van der Waals surface area contributed by atoms with Crippen LogP contribution in [0.4, 0.5) is 5.69 Å². The van der Waals surface area contributed by atoms with Gasteiger partial charge in [-0.05, 0) is 48.4 Å². The fourth-order valence-corrected chi connectivity index (χ4v) is 4.43. The number of fused-ring (bicyclic) bond motifs is 1. The summed E-state index contributed by atoms with van der Waals surface area (Å²) in [6, 6.07) is 10.7. The lowest BCUT2D eigenvalue weighted by atomic mass is 9.94. The van der Waals surface area contributed by atoms with Gasteiger partial charge in [0.05, 0.1) is 11.8 Å². The average Bonchev–Trinajstić information content (AvgIpc) is 2.96. The molecule has 0 spiro atoms. The second-order valence-electron chi connectivity index (χ2n) is 5.14. The van der Waals surface area contributed by atoms with Crippen LogP contribution in [0, 0.1) is 0 Å². The molecule has 1 aromatic heterocycles. The van der Waals surface area contributed by atoms with Crippen molar-refractivity contribution >= 4 is 34.7 Å². The van der Waals surface area contributed by atoms with E-state index in [-0.39, 0.29) is 5.91 Å². The van der Waals surface area contributed by atoms with Crippen LogP contribution in [0.1, 0.15) is 29.3 Å². The van der Waals surface area contributed by atoms with Gasteiger partial charge in [-0.25, -0.2) is 0 Å². The number of hydrogen-bond donors (Lipinski definition) is 2. The lowest BCUT2D eigenvalue weighted by Gasteiger charge is -2.25. The van der Waals surface area contributed by atoms with Gasteiger partial charge >= 0.3 is 0 Å². The number of amides is 1. The zero-order chi connectivity index (χ0) is 14.7. The van der Waals surface area contributed by atoms with Gasteiger partial charge in [-0.15, -0.1) is 23.1 Å². The van der Waals surface area contributed by atoms with Crippen LogP contribution in [-0.2, 0) is 11.2 Å². The molecular weight excluding hydrogens is 300 g/mol. The first-order chi connectivity index (χ1) is 10.2. The number of carbonyl (C=O) groups is 1. The standard InChI is InChI=1S/C16H18N2OS2/c17-16(19)10-21-15-6-2-1-4-13(15)18-12-5-3-7-14-11(12)8-9-20-14/h1-2,4,6,8-9,12,18H,3,5,7,10H2,(H2,17,19). The number of thioether (sulfide) groups is 1. The second-order valence-corrected chi connectivity index (χ2v) is 7.16. The topological polar surface area (TPSA) is 55.1 Å². The number of rotatable bonds is 5. The fourth-order valence-electron chi connectivity index (χ4n) is 2.68. The largest absolute Gasteiger partial charge is 0.377 e. The molecular formula is C16H18N2OS2. The van der Waals surface area contributed by atoms with Gasteiger partial charge in [0, 0.05) is 15.5 Å². The van der Waals surface area contributed by atoms with Crippen molar-refractivity contribution in [3.63, 3.8) is 0 Å². The van der Waals surface area contributed by atoms with E-state index in [9.17, 15) is 4.79 Å². The Bertz CT molecular complexity index is 639. The van der Waals surface area contributed by atoms with E-state index in [0.717, 1.165) is 17.0 Å². The van der Waals surface area contributed by atoms with Crippen LogP contribution in [0.5, 0.6) is 0 Å². The molecule has 1 amide bonds. The van der Waals surface area contributed by atoms with Crippen LogP contribution < -0.4 is 11.1 Å². The van der Waals surface area contributed by atoms with E-state index in [1.165, 1.54) is 35.0 Å². The molecule has 0 fully saturated rings. The maximum Gasteiger partial charge on any atom is 0.227 e. The Morgan fingerprint density at radius 2 is 2.24 bits per heavy atom. The molecule has 2 aromatic rings. The van der Waals surface area contributed by atoms with Crippen LogP contribution in [0.15, 0.2) is 40.6 Å². The summed E-state index contributed by atoms with van der Waals surface area (Å²) in [7, 11) is 0. The van der Waals surface area contributed by atoms with Gasteiger partial charge < -0.3 is 11.1 Å². The Morgan fingerprint density at radius 1 is 1.38 bits per heavy atom. The molecule has 1 aromatic carbocycles. The van der Waals surface area contributed by atoms with Crippen molar-refractivity contribution in [2.75, 3.05) is 11.1 Å². The number of carbonyl (C=O) groups excluding carboxylic acids is 1. The number of benzene rings is 1. The Hall–Kier alpha value is -1.46. The number of hydrogen-bond acceptors (Lipinski definition) is 4. The predicted molar refractivity (Wildman–Crippen MR) is 90.0 cm³/mol. The van der Waals surface area contributed by atoms with Crippen molar-refractivity contribution in [1.29, 1.82) is 0 Å². The summed E-state index contributed by atoms with van der Waals surface area (Å²) in [4.78, 5) is 13.6. The highest BCUT2D eigenvalue weighted by Crippen LogP contribution is 2.37. The molecule has 3 nitrogen and oxygen atoms in total. The first-order valence-corrected chi connectivity index (χ1v) is 8.93. The van der Waals surface area contributed by atoms with Crippen molar-refractivity contribution in [1.82, 2.24) is 0 Å². The zero-order valence-electron chi connectivity index (χ0n) is 11.7. The molecule has 21 heavy (non-hydrogen) atoms. The summed E-state index contributed by atoms with van der Waals surface area (Å²) in [6.45, 7) is 0. The molecule has 1 heterocycles. The number of anilines is 1. The molecule has 1 aliphatic rings. The minimum absolute atomic E-state index is 0.285. The molecule has 0 saturated heterocycles. The lowest BCUT2D eigenvalue weighted by Crippen LogP contribution is -2.16. The van der Waals surface area contributed by atoms with E-state index in [2.05, 4.69) is 22.8 Å². The molecule has 3 N–H and O–H groups in total. The number of nitrogens with two attached hydrogens (primary N) is 1. The molecule has 0 radical (unpaired) electrons. The van der Waals surface area contributed by atoms with Gasteiger partial charge in [0.25, 0.3) is 0 Å². The maximum absolute atomic E-state index is 11.0. The summed E-state index contributed by atoms with van der Waals surface area (Å²) < 4.78 is 0. The molecule has 110 valence electrons. The normalized spacial score (nSPS) is 17.2. The van der Waals surface area contributed by atoms with Gasteiger partial charge in [0.15, 0.2) is 0 Å². The van der Waals surface area contributed by atoms with Crippen molar-refractivity contribution in [3.05, 3.63) is 46.2 Å². The monoisotopic (exact) mass is 318 g/mol. The van der Waals surface area contributed by atoms with E-state index in [4.69, 9.17) is 5.73 Å². The summed E-state index contributed by atoms with van der Waals surface area (Å²) >= 11 is 3.34. The quantitative estimate of drug-likeness (QED) is 0.824. The molecule has 3 rings (SSSR count). The third-order valence-corrected chi connectivity index (χ3v) is 5.73. The van der Waals surface area contributed by atoms with Crippen LogP contribution in [0.25, 0.3) is 0 Å². The van der Waals surface area contributed by atoms with Crippen molar-refractivity contribution < 1.29 is 4.79 Å². The highest BCUT2D eigenvalue weighted by atomic mass is 32.2. The van der Waals surface area contributed by atoms with Gasteiger partial charge in [-0.1, -0.05) is 12.1 Å². The minimum Gasteiger partial charge on any atom is -0.377 e. The number of thiophene rings is 1. The number of nitrogens with one attached hydrogen (secondary N) is 1. The van der Waals surface area contributed by atoms with Gasteiger partial charge in [0.2, 0.25) is 5.91 Å². The highest BCUT2D eigenvalue weighted by Gasteiger charge is 2.21. The van der Waals surface area contributed by atoms with E-state index in [1.54, 1.807) is 0 Å². The Kier molecular flexibility index (Phi) is 4.51.